The van der Waals surface area contributed by atoms with Crippen LogP contribution >= 0.6 is 0 Å². The summed E-state index contributed by atoms with van der Waals surface area (Å²) in [6.07, 6.45) is -1.90. The molecule has 3 heterocycles. The summed E-state index contributed by atoms with van der Waals surface area (Å²) in [4.78, 5) is 36.0. The van der Waals surface area contributed by atoms with Crippen molar-refractivity contribution in [2.75, 3.05) is 37.4 Å². The van der Waals surface area contributed by atoms with Crippen molar-refractivity contribution in [1.29, 1.82) is 0 Å². The summed E-state index contributed by atoms with van der Waals surface area (Å²) < 4.78 is 48.3. The van der Waals surface area contributed by atoms with Crippen molar-refractivity contribution in [1.82, 2.24) is 14.9 Å². The lowest BCUT2D eigenvalue weighted by Gasteiger charge is -2.31. The lowest BCUT2D eigenvalue weighted by atomic mass is 10.0. The van der Waals surface area contributed by atoms with Crippen LogP contribution in [0.2, 0.25) is 0 Å². The van der Waals surface area contributed by atoms with Crippen LogP contribution in [-0.4, -0.2) is 65.3 Å². The van der Waals surface area contributed by atoms with Crippen LogP contribution in [0.1, 0.15) is 22.8 Å². The molecule has 0 aliphatic carbocycles. The van der Waals surface area contributed by atoms with Gasteiger partial charge in [0, 0.05) is 43.0 Å². The fourth-order valence-electron chi connectivity index (χ4n) is 3.93. The third-order valence-electron chi connectivity index (χ3n) is 6.03. The summed E-state index contributed by atoms with van der Waals surface area (Å²) in [5.41, 5.74) is 7.46. The van der Waals surface area contributed by atoms with Gasteiger partial charge in [-0.1, -0.05) is 6.07 Å². The van der Waals surface area contributed by atoms with Gasteiger partial charge in [0.15, 0.2) is 11.5 Å². The molecule has 4 rings (SSSR count). The Morgan fingerprint density at radius 2 is 1.87 bits per heavy atom. The number of alkyl halides is 3. The first-order chi connectivity index (χ1) is 18.1. The minimum atomic E-state index is -4.98. The average molecular weight is 530 g/mol. The molecule has 38 heavy (non-hydrogen) atoms. The van der Waals surface area contributed by atoms with Crippen molar-refractivity contribution in [2.45, 2.75) is 25.7 Å². The van der Waals surface area contributed by atoms with Gasteiger partial charge in [0.1, 0.15) is 5.82 Å². The SMILES string of the molecule is CC(C(=O)Nc1cc(C(=O)Cc2ccc(-c3ccc(N)nc3)nc2)ccc1OC(F)(F)F)N1CCOCC1. The first-order valence-electron chi connectivity index (χ1n) is 11.8. The van der Waals surface area contributed by atoms with E-state index >= 15 is 0 Å². The predicted octanol–water partition coefficient (Wildman–Crippen LogP) is 3.71. The monoisotopic (exact) mass is 529 g/mol. The Morgan fingerprint density at radius 1 is 1.11 bits per heavy atom. The Kier molecular flexibility index (Phi) is 8.23. The van der Waals surface area contributed by atoms with Crippen LogP contribution in [0.15, 0.2) is 54.9 Å². The Bertz CT molecular complexity index is 1280. The van der Waals surface area contributed by atoms with Gasteiger partial charge in [0.2, 0.25) is 5.91 Å². The third-order valence-corrected chi connectivity index (χ3v) is 6.03. The number of amides is 1. The molecule has 1 aliphatic heterocycles. The lowest BCUT2D eigenvalue weighted by Crippen LogP contribution is -2.47. The van der Waals surface area contributed by atoms with E-state index in [0.29, 0.717) is 43.4 Å². The first kappa shape index (κ1) is 27.0. The van der Waals surface area contributed by atoms with Crippen molar-refractivity contribution in [2.24, 2.45) is 0 Å². The standard InChI is InChI=1S/C26H26F3N5O4/c1-16(34-8-10-37-11-9-34)25(36)33-21-13-18(3-6-23(21)38-26(27,28)29)22(35)12-17-2-5-20(31-14-17)19-4-7-24(30)32-15-19/h2-7,13-16H,8-12H2,1H3,(H2,30,32)(H,33,36). The zero-order valence-electron chi connectivity index (χ0n) is 20.5. The van der Waals surface area contributed by atoms with Crippen LogP contribution in [0.3, 0.4) is 0 Å². The highest BCUT2D eigenvalue weighted by molar-refractivity contribution is 6.01. The van der Waals surface area contributed by atoms with Crippen molar-refractivity contribution in [3.05, 3.63) is 66.0 Å². The molecule has 1 unspecified atom stereocenters. The number of rotatable bonds is 8. The minimum Gasteiger partial charge on any atom is -0.404 e. The number of ether oxygens (including phenoxy) is 2. The molecule has 1 aliphatic rings. The van der Waals surface area contributed by atoms with E-state index in [2.05, 4.69) is 20.0 Å². The first-order valence-corrected chi connectivity index (χ1v) is 11.8. The summed E-state index contributed by atoms with van der Waals surface area (Å²) >= 11 is 0. The number of benzene rings is 1. The van der Waals surface area contributed by atoms with E-state index < -0.39 is 24.1 Å². The summed E-state index contributed by atoms with van der Waals surface area (Å²) in [7, 11) is 0. The van der Waals surface area contributed by atoms with Gasteiger partial charge in [0.25, 0.3) is 0 Å². The zero-order chi connectivity index (χ0) is 27.3. The fraction of sp³-hybridized carbons (Fsp3) is 0.308. The number of hydrogen-bond acceptors (Lipinski definition) is 8. The molecule has 9 nitrogen and oxygen atoms in total. The fourth-order valence-corrected chi connectivity index (χ4v) is 3.93. The smallest absolute Gasteiger partial charge is 0.404 e. The Morgan fingerprint density at radius 3 is 2.50 bits per heavy atom. The number of aromatic nitrogens is 2. The minimum absolute atomic E-state index is 0.0513. The largest absolute Gasteiger partial charge is 0.573 e. The second-order valence-corrected chi connectivity index (χ2v) is 8.70. The molecule has 0 saturated carbocycles. The Balaban J connectivity index is 1.50. The number of Topliss-reactive ketones (excluding diaryl/α,β-unsaturated/α-hetero) is 1. The summed E-state index contributed by atoms with van der Waals surface area (Å²) in [6, 6.07) is 9.69. The highest BCUT2D eigenvalue weighted by Crippen LogP contribution is 2.32. The summed E-state index contributed by atoms with van der Waals surface area (Å²) in [5, 5.41) is 2.49. The second kappa shape index (κ2) is 11.6. The van der Waals surface area contributed by atoms with Crippen molar-refractivity contribution >= 4 is 23.2 Å². The lowest BCUT2D eigenvalue weighted by molar-refractivity contribution is -0.274. The quantitative estimate of drug-likeness (QED) is 0.424. The number of nitrogens with one attached hydrogen (secondary N) is 1. The molecule has 0 radical (unpaired) electrons. The van der Waals surface area contributed by atoms with E-state index in [1.165, 1.54) is 18.3 Å². The van der Waals surface area contributed by atoms with Gasteiger partial charge in [-0.3, -0.25) is 19.5 Å². The predicted molar refractivity (Wildman–Crippen MR) is 134 cm³/mol. The number of carbonyl (C=O) groups excluding carboxylic acids is 2. The van der Waals surface area contributed by atoms with E-state index in [-0.39, 0.29) is 23.5 Å². The van der Waals surface area contributed by atoms with Crippen molar-refractivity contribution in [3.63, 3.8) is 0 Å². The highest BCUT2D eigenvalue weighted by atomic mass is 19.4. The number of halogens is 3. The number of anilines is 2. The molecule has 1 fully saturated rings. The van der Waals surface area contributed by atoms with Crippen molar-refractivity contribution in [3.8, 4) is 17.0 Å². The second-order valence-electron chi connectivity index (χ2n) is 8.70. The maximum absolute atomic E-state index is 13.0. The van der Waals surface area contributed by atoms with E-state index in [1.807, 2.05) is 4.90 Å². The molecule has 3 N–H and O–H groups in total. The molecule has 1 aromatic carbocycles. The highest BCUT2D eigenvalue weighted by Gasteiger charge is 2.33. The average Bonchev–Trinajstić information content (AvgIpc) is 2.90. The Hall–Kier alpha value is -4.03. The van der Waals surface area contributed by atoms with Gasteiger partial charge in [0.05, 0.1) is 30.6 Å². The maximum Gasteiger partial charge on any atom is 0.573 e. The Labute approximate surface area is 216 Å². The molecule has 2 aromatic heterocycles. The van der Waals surface area contributed by atoms with E-state index in [9.17, 15) is 22.8 Å². The third kappa shape index (κ3) is 7.05. The summed E-state index contributed by atoms with van der Waals surface area (Å²) in [5.74, 6) is -1.13. The van der Waals surface area contributed by atoms with Crippen LogP contribution in [0.5, 0.6) is 5.75 Å². The molecular weight excluding hydrogens is 503 g/mol. The van der Waals surface area contributed by atoms with Crippen LogP contribution < -0.4 is 15.8 Å². The van der Waals surface area contributed by atoms with Gasteiger partial charge < -0.3 is 20.5 Å². The van der Waals surface area contributed by atoms with Gasteiger partial charge >= 0.3 is 6.36 Å². The molecule has 3 aromatic rings. The van der Waals surface area contributed by atoms with Gasteiger partial charge in [-0.15, -0.1) is 13.2 Å². The molecule has 12 heteroatoms. The molecule has 0 bridgehead atoms. The number of ketones is 1. The number of pyridine rings is 2. The van der Waals surface area contributed by atoms with Crippen LogP contribution in [0.4, 0.5) is 24.7 Å². The van der Waals surface area contributed by atoms with Gasteiger partial charge in [-0.25, -0.2) is 4.98 Å². The van der Waals surface area contributed by atoms with Crippen molar-refractivity contribution < 1.29 is 32.2 Å². The van der Waals surface area contributed by atoms with Crippen LogP contribution in [0, 0.1) is 0 Å². The maximum atomic E-state index is 13.0. The topological polar surface area (TPSA) is 120 Å². The van der Waals surface area contributed by atoms with E-state index in [1.54, 1.807) is 37.4 Å². The molecule has 1 saturated heterocycles. The number of nitrogen functional groups attached to an aromatic ring is 1. The molecule has 1 atom stereocenters. The normalized spacial score (nSPS) is 15.1. The van der Waals surface area contributed by atoms with E-state index in [0.717, 1.165) is 11.6 Å². The number of nitrogens with zero attached hydrogens (tertiary/aromatic N) is 3. The number of carbonyl (C=O) groups is 2. The molecule has 1 amide bonds. The molecule has 200 valence electrons. The van der Waals surface area contributed by atoms with E-state index in [4.69, 9.17) is 10.5 Å². The number of hydrogen-bond donors (Lipinski definition) is 2. The van der Waals surface area contributed by atoms with Crippen LogP contribution in [-0.2, 0) is 16.0 Å². The zero-order valence-corrected chi connectivity index (χ0v) is 20.5. The van der Waals surface area contributed by atoms with Gasteiger partial charge in [-0.05, 0) is 48.9 Å². The van der Waals surface area contributed by atoms with Crippen LogP contribution in [0.25, 0.3) is 11.3 Å². The molecular formula is C26H26F3N5O4. The molecule has 0 spiro atoms. The number of nitrogens with two attached hydrogens (primary N) is 1. The summed E-state index contributed by atoms with van der Waals surface area (Å²) in [6.45, 7) is 3.59. The van der Waals surface area contributed by atoms with Gasteiger partial charge in [-0.2, -0.15) is 0 Å². The number of morpholine rings is 1.